The molecule has 1 aromatic carbocycles. The Balaban J connectivity index is 1.81. The number of nitrogens with zero attached hydrogens (tertiary/aromatic N) is 2. The van der Waals surface area contributed by atoms with Crippen LogP contribution in [-0.4, -0.2) is 27.2 Å². The molecule has 7 heteroatoms. The second-order valence-corrected chi connectivity index (χ2v) is 5.09. The van der Waals surface area contributed by atoms with E-state index in [0.29, 0.717) is 16.5 Å². The normalized spacial score (nSPS) is 10.5. The van der Waals surface area contributed by atoms with E-state index < -0.39 is 0 Å². The average Bonchev–Trinajstić information content (AvgIpc) is 2.89. The third-order valence-corrected chi connectivity index (χ3v) is 3.34. The van der Waals surface area contributed by atoms with Gasteiger partial charge < -0.3 is 20.4 Å². The monoisotopic (exact) mass is 313 g/mol. The lowest BCUT2D eigenvalue weighted by atomic mass is 10.2. The molecule has 0 bridgehead atoms. The smallest absolute Gasteiger partial charge is 0.175 e. The summed E-state index contributed by atoms with van der Waals surface area (Å²) in [6.45, 7) is 1.92. The van der Waals surface area contributed by atoms with Gasteiger partial charge in [0.1, 0.15) is 17.3 Å². The Hall–Kier alpha value is -2.67. The van der Waals surface area contributed by atoms with E-state index >= 15 is 0 Å². The van der Waals surface area contributed by atoms with Gasteiger partial charge in [-0.1, -0.05) is 6.07 Å². The van der Waals surface area contributed by atoms with Crippen LogP contribution in [0.2, 0.25) is 0 Å². The Labute approximate surface area is 132 Å². The molecule has 0 atom stereocenters. The third kappa shape index (κ3) is 2.84. The van der Waals surface area contributed by atoms with Crippen molar-refractivity contribution in [3.8, 4) is 5.75 Å². The van der Waals surface area contributed by atoms with Crippen molar-refractivity contribution < 1.29 is 4.74 Å². The number of imidazole rings is 1. The van der Waals surface area contributed by atoms with Gasteiger partial charge >= 0.3 is 0 Å². The number of thiocarbonyl (C=S) groups is 1. The second-order valence-electron chi connectivity index (χ2n) is 4.68. The highest BCUT2D eigenvalue weighted by molar-refractivity contribution is 7.80. The van der Waals surface area contributed by atoms with Crippen molar-refractivity contribution in [1.82, 2.24) is 15.0 Å². The van der Waals surface area contributed by atoms with Crippen molar-refractivity contribution in [2.75, 3.05) is 17.7 Å². The number of hydrogen-bond acceptors (Lipinski definition) is 4. The average molecular weight is 313 g/mol. The number of hydrogen-bond donors (Lipinski definition) is 3. The third-order valence-electron chi connectivity index (χ3n) is 3.13. The zero-order valence-corrected chi connectivity index (χ0v) is 13.0. The number of aromatic nitrogens is 3. The number of aromatic amines is 1. The summed E-state index contributed by atoms with van der Waals surface area (Å²) in [4.78, 5) is 11.7. The SMILES string of the molecule is COc1ccncc1NC(=S)Nc1cccc2nc(C)[nH]c12. The Bertz CT molecular complexity index is 830. The van der Waals surface area contributed by atoms with Gasteiger partial charge in [-0.3, -0.25) is 4.98 Å². The minimum Gasteiger partial charge on any atom is -0.494 e. The summed E-state index contributed by atoms with van der Waals surface area (Å²) >= 11 is 5.36. The molecular weight excluding hydrogens is 298 g/mol. The first kappa shape index (κ1) is 14.3. The summed E-state index contributed by atoms with van der Waals surface area (Å²) in [7, 11) is 1.60. The Morgan fingerprint density at radius 2 is 2.05 bits per heavy atom. The van der Waals surface area contributed by atoms with Crippen LogP contribution in [0.3, 0.4) is 0 Å². The molecule has 0 saturated carbocycles. The van der Waals surface area contributed by atoms with Crippen molar-refractivity contribution in [2.24, 2.45) is 0 Å². The standard InChI is InChI=1S/C15H15N5OS/c1-9-17-10-4-3-5-11(14(10)18-9)19-15(22)20-12-8-16-7-6-13(12)21-2/h3-8H,1-2H3,(H,17,18)(H2,19,20,22). The Morgan fingerprint density at radius 3 is 2.86 bits per heavy atom. The van der Waals surface area contributed by atoms with Crippen LogP contribution in [0.4, 0.5) is 11.4 Å². The molecule has 2 heterocycles. The molecule has 3 rings (SSSR count). The van der Waals surface area contributed by atoms with Gasteiger partial charge in [-0.25, -0.2) is 4.98 Å². The maximum atomic E-state index is 5.36. The summed E-state index contributed by atoms with van der Waals surface area (Å²) in [5.74, 6) is 1.53. The van der Waals surface area contributed by atoms with E-state index in [-0.39, 0.29) is 0 Å². The van der Waals surface area contributed by atoms with Crippen LogP contribution in [0.5, 0.6) is 5.75 Å². The molecule has 3 aromatic rings. The van der Waals surface area contributed by atoms with E-state index in [9.17, 15) is 0 Å². The number of benzene rings is 1. The molecule has 0 aliphatic heterocycles. The number of methoxy groups -OCH3 is 1. The molecule has 6 nitrogen and oxygen atoms in total. The van der Waals surface area contributed by atoms with Crippen molar-refractivity contribution in [3.63, 3.8) is 0 Å². The van der Waals surface area contributed by atoms with E-state index in [2.05, 4.69) is 25.6 Å². The van der Waals surface area contributed by atoms with E-state index in [1.807, 2.05) is 25.1 Å². The van der Waals surface area contributed by atoms with Gasteiger partial charge in [-0.15, -0.1) is 0 Å². The van der Waals surface area contributed by atoms with Gasteiger partial charge in [0.2, 0.25) is 0 Å². The first-order valence-electron chi connectivity index (χ1n) is 6.68. The molecule has 0 aliphatic rings. The highest BCUT2D eigenvalue weighted by Gasteiger charge is 2.08. The number of aryl methyl sites for hydroxylation is 1. The summed E-state index contributed by atoms with van der Waals surface area (Å²) < 4.78 is 5.26. The van der Waals surface area contributed by atoms with Crippen LogP contribution in [0, 0.1) is 6.92 Å². The second kappa shape index (κ2) is 5.98. The highest BCUT2D eigenvalue weighted by Crippen LogP contribution is 2.24. The lowest BCUT2D eigenvalue weighted by Gasteiger charge is -2.13. The quantitative estimate of drug-likeness (QED) is 0.645. The minimum atomic E-state index is 0.450. The largest absolute Gasteiger partial charge is 0.494 e. The van der Waals surface area contributed by atoms with E-state index in [0.717, 1.165) is 22.5 Å². The Morgan fingerprint density at radius 1 is 1.23 bits per heavy atom. The molecule has 3 N–H and O–H groups in total. The molecular formula is C15H15N5OS. The van der Waals surface area contributed by atoms with Crippen LogP contribution in [0.1, 0.15) is 5.82 Å². The van der Waals surface area contributed by atoms with Gasteiger partial charge in [0.25, 0.3) is 0 Å². The lowest BCUT2D eigenvalue weighted by Crippen LogP contribution is -2.19. The molecule has 112 valence electrons. The molecule has 0 aliphatic carbocycles. The molecule has 0 fully saturated rings. The van der Waals surface area contributed by atoms with Crippen LogP contribution >= 0.6 is 12.2 Å². The van der Waals surface area contributed by atoms with E-state index in [4.69, 9.17) is 17.0 Å². The number of nitrogens with one attached hydrogen (secondary N) is 3. The summed E-state index contributed by atoms with van der Waals surface area (Å²) in [5, 5.41) is 6.69. The van der Waals surface area contributed by atoms with Gasteiger partial charge in [0.05, 0.1) is 30.0 Å². The first-order chi connectivity index (χ1) is 10.7. The van der Waals surface area contributed by atoms with Crippen LogP contribution in [-0.2, 0) is 0 Å². The number of H-pyrrole nitrogens is 1. The molecule has 0 saturated heterocycles. The maximum absolute atomic E-state index is 5.36. The van der Waals surface area contributed by atoms with Crippen molar-refractivity contribution in [1.29, 1.82) is 0 Å². The fourth-order valence-corrected chi connectivity index (χ4v) is 2.41. The summed E-state index contributed by atoms with van der Waals surface area (Å²) in [5.41, 5.74) is 3.38. The number of para-hydroxylation sites is 1. The van der Waals surface area contributed by atoms with E-state index in [1.54, 1.807) is 25.6 Å². The van der Waals surface area contributed by atoms with Gasteiger partial charge in [0.15, 0.2) is 5.11 Å². The Kier molecular flexibility index (Phi) is 3.88. The number of anilines is 2. The number of pyridine rings is 1. The maximum Gasteiger partial charge on any atom is 0.175 e. The molecule has 0 amide bonds. The predicted molar refractivity (Wildman–Crippen MR) is 91.5 cm³/mol. The molecule has 0 unspecified atom stereocenters. The zero-order valence-electron chi connectivity index (χ0n) is 12.2. The molecule has 22 heavy (non-hydrogen) atoms. The summed E-state index contributed by atoms with van der Waals surface area (Å²) in [6.07, 6.45) is 3.32. The highest BCUT2D eigenvalue weighted by atomic mass is 32.1. The summed E-state index contributed by atoms with van der Waals surface area (Å²) in [6, 6.07) is 7.58. The number of fused-ring (bicyclic) bond motifs is 1. The number of ether oxygens (including phenoxy) is 1. The fourth-order valence-electron chi connectivity index (χ4n) is 2.19. The van der Waals surface area contributed by atoms with Crippen LogP contribution < -0.4 is 15.4 Å². The lowest BCUT2D eigenvalue weighted by molar-refractivity contribution is 0.416. The van der Waals surface area contributed by atoms with Crippen molar-refractivity contribution in [2.45, 2.75) is 6.92 Å². The van der Waals surface area contributed by atoms with Gasteiger partial charge in [-0.2, -0.15) is 0 Å². The fraction of sp³-hybridized carbons (Fsp3) is 0.133. The van der Waals surface area contributed by atoms with Crippen LogP contribution in [0.15, 0.2) is 36.7 Å². The molecule has 2 aromatic heterocycles. The predicted octanol–water partition coefficient (Wildman–Crippen LogP) is 3.08. The van der Waals surface area contributed by atoms with E-state index in [1.165, 1.54) is 0 Å². The van der Waals surface area contributed by atoms with Crippen molar-refractivity contribution >= 4 is 39.7 Å². The van der Waals surface area contributed by atoms with Crippen LogP contribution in [0.25, 0.3) is 11.0 Å². The van der Waals surface area contributed by atoms with Crippen molar-refractivity contribution in [3.05, 3.63) is 42.5 Å². The number of rotatable bonds is 3. The van der Waals surface area contributed by atoms with Gasteiger partial charge in [-0.05, 0) is 31.3 Å². The molecule has 0 radical (unpaired) electrons. The first-order valence-corrected chi connectivity index (χ1v) is 7.09. The minimum absolute atomic E-state index is 0.450. The van der Waals surface area contributed by atoms with Gasteiger partial charge in [0, 0.05) is 12.3 Å². The molecule has 0 spiro atoms. The zero-order chi connectivity index (χ0) is 15.5. The topological polar surface area (TPSA) is 74.9 Å².